The van der Waals surface area contributed by atoms with Crippen LogP contribution in [0.25, 0.3) is 0 Å². The molecule has 9 heteroatoms. The molecule has 0 radical (unpaired) electrons. The van der Waals surface area contributed by atoms with Crippen LogP contribution in [0.2, 0.25) is 0 Å². The van der Waals surface area contributed by atoms with Crippen LogP contribution in [0.4, 0.5) is 0 Å². The fourth-order valence-electron chi connectivity index (χ4n) is 10.8. The number of ether oxygens (including phenoxy) is 4. The van der Waals surface area contributed by atoms with Crippen LogP contribution < -0.4 is 5.11 Å². The van der Waals surface area contributed by atoms with Crippen molar-refractivity contribution in [3.63, 3.8) is 0 Å². The molecule has 0 fully saturated rings. The summed E-state index contributed by atoms with van der Waals surface area (Å²) < 4.78 is 22.8. The number of rotatable bonds is 68. The van der Waals surface area contributed by atoms with Crippen molar-refractivity contribution < 1.29 is 42.9 Å². The second kappa shape index (κ2) is 65.5. The molecule has 0 aromatic carbocycles. The van der Waals surface area contributed by atoms with E-state index in [0.29, 0.717) is 23.9 Å². The van der Waals surface area contributed by atoms with Crippen molar-refractivity contribution in [3.05, 3.63) is 36.5 Å². The topological polar surface area (TPSA) is 111 Å². The van der Waals surface area contributed by atoms with Crippen molar-refractivity contribution in [1.82, 2.24) is 0 Å². The Morgan fingerprint density at radius 3 is 0.964 bits per heavy atom. The van der Waals surface area contributed by atoms with Gasteiger partial charge in [-0.05, 0) is 51.4 Å². The Morgan fingerprint density at radius 1 is 0.361 bits per heavy atom. The van der Waals surface area contributed by atoms with E-state index < -0.39 is 24.3 Å². The molecule has 9 nitrogen and oxygen atoms in total. The highest BCUT2D eigenvalue weighted by molar-refractivity contribution is 5.70. The minimum Gasteiger partial charge on any atom is -0.545 e. The van der Waals surface area contributed by atoms with E-state index in [9.17, 15) is 19.5 Å². The number of esters is 2. The molecule has 0 aliphatic heterocycles. The normalized spacial score (nSPS) is 12.8. The molecule has 0 rings (SSSR count). The summed E-state index contributed by atoms with van der Waals surface area (Å²) in [7, 11) is 5.94. The number of nitrogens with zero attached hydrogens (tertiary/aromatic N) is 1. The molecule has 2 unspecified atom stereocenters. The lowest BCUT2D eigenvalue weighted by atomic mass is 10.0. The molecule has 0 bridgehead atoms. The summed E-state index contributed by atoms with van der Waals surface area (Å²) >= 11 is 0. The molecule has 2 atom stereocenters. The van der Waals surface area contributed by atoms with Gasteiger partial charge < -0.3 is 33.3 Å². The molecule has 0 heterocycles. The lowest BCUT2D eigenvalue weighted by molar-refractivity contribution is -0.870. The average molecular weight is 1170 g/mol. The summed E-state index contributed by atoms with van der Waals surface area (Å²) in [5.74, 6) is -2.26. The third-order valence-electron chi connectivity index (χ3n) is 16.4. The maximum atomic E-state index is 12.9. The predicted molar refractivity (Wildman–Crippen MR) is 353 cm³/mol. The Kier molecular flexibility index (Phi) is 63.5. The first-order chi connectivity index (χ1) is 40.6. The lowest BCUT2D eigenvalue weighted by Gasteiger charge is -2.26. The van der Waals surface area contributed by atoms with Crippen molar-refractivity contribution in [1.29, 1.82) is 0 Å². The van der Waals surface area contributed by atoms with Crippen LogP contribution in [0.15, 0.2) is 36.5 Å². The number of aliphatic carboxylic acids is 1. The number of unbranched alkanes of at least 4 members (excludes halogenated alkanes) is 47. The van der Waals surface area contributed by atoms with Crippen LogP contribution in [-0.4, -0.2) is 82.3 Å². The first kappa shape index (κ1) is 80.5. The molecule has 0 aromatic heterocycles. The zero-order valence-electron chi connectivity index (χ0n) is 55.8. The highest BCUT2D eigenvalue weighted by Gasteiger charge is 2.22. The van der Waals surface area contributed by atoms with Gasteiger partial charge >= 0.3 is 11.9 Å². The Bertz CT molecular complexity index is 1450. The summed E-state index contributed by atoms with van der Waals surface area (Å²) in [6, 6.07) is 0. The summed E-state index contributed by atoms with van der Waals surface area (Å²) in [6.07, 6.45) is 79.6. The van der Waals surface area contributed by atoms with Gasteiger partial charge in [-0.2, -0.15) is 0 Å². The lowest BCUT2D eigenvalue weighted by Crippen LogP contribution is -2.44. The van der Waals surface area contributed by atoms with Crippen LogP contribution >= 0.6 is 0 Å². The van der Waals surface area contributed by atoms with Gasteiger partial charge in [-0.25, -0.2) is 0 Å². The van der Waals surface area contributed by atoms with E-state index in [4.69, 9.17) is 18.9 Å². The molecular formula is C74H139NO8. The second-order valence-corrected chi connectivity index (χ2v) is 25.9. The molecular weight excluding hydrogens is 1030 g/mol. The molecule has 0 aliphatic rings. The maximum absolute atomic E-state index is 12.9. The van der Waals surface area contributed by atoms with E-state index in [1.165, 1.54) is 276 Å². The molecule has 488 valence electrons. The number of quaternary nitrogens is 1. The number of allylic oxidation sites excluding steroid dienone is 6. The maximum Gasteiger partial charge on any atom is 0.306 e. The van der Waals surface area contributed by atoms with E-state index >= 15 is 0 Å². The first-order valence-electron chi connectivity index (χ1n) is 36.1. The number of carboxylic acid groups (broad SMARTS) is 1. The Hall–Kier alpha value is -2.49. The van der Waals surface area contributed by atoms with Gasteiger partial charge in [-0.3, -0.25) is 9.59 Å². The van der Waals surface area contributed by atoms with E-state index in [1.54, 1.807) is 0 Å². The summed E-state index contributed by atoms with van der Waals surface area (Å²) in [5, 5.41) is 11.8. The highest BCUT2D eigenvalue weighted by Crippen LogP contribution is 2.19. The molecule has 0 saturated heterocycles. The minimum absolute atomic E-state index is 0.149. The van der Waals surface area contributed by atoms with Crippen molar-refractivity contribution in [3.8, 4) is 0 Å². The van der Waals surface area contributed by atoms with Crippen molar-refractivity contribution in [2.24, 2.45) is 0 Å². The molecule has 0 saturated carbocycles. The van der Waals surface area contributed by atoms with Crippen LogP contribution in [0, 0.1) is 0 Å². The van der Waals surface area contributed by atoms with Gasteiger partial charge in [0.2, 0.25) is 0 Å². The van der Waals surface area contributed by atoms with Gasteiger partial charge in [0.25, 0.3) is 0 Å². The number of likely N-dealkylation sites (N-methyl/N-ethyl adjacent to an activating group) is 1. The molecule has 0 N–H and O–H groups in total. The monoisotopic (exact) mass is 1170 g/mol. The fraction of sp³-hybridized carbons (Fsp3) is 0.878. The van der Waals surface area contributed by atoms with Crippen LogP contribution in [0.5, 0.6) is 0 Å². The van der Waals surface area contributed by atoms with Crippen LogP contribution in [-0.2, 0) is 33.3 Å². The van der Waals surface area contributed by atoms with Crippen LogP contribution in [0.1, 0.15) is 361 Å². The fourth-order valence-corrected chi connectivity index (χ4v) is 10.8. The number of hydrogen-bond acceptors (Lipinski definition) is 8. The molecule has 83 heavy (non-hydrogen) atoms. The van der Waals surface area contributed by atoms with E-state index in [-0.39, 0.29) is 32.2 Å². The molecule has 0 spiro atoms. The van der Waals surface area contributed by atoms with Crippen molar-refractivity contribution in [2.45, 2.75) is 373 Å². The zero-order chi connectivity index (χ0) is 60.5. The Balaban J connectivity index is 4.04. The number of carbonyl (C=O) groups is 3. The number of carboxylic acids is 1. The Morgan fingerprint density at radius 2 is 0.651 bits per heavy atom. The molecule has 0 aliphatic carbocycles. The van der Waals surface area contributed by atoms with E-state index in [1.807, 2.05) is 21.1 Å². The number of hydrogen-bond donors (Lipinski definition) is 0. The zero-order valence-corrected chi connectivity index (χ0v) is 55.8. The predicted octanol–water partition coefficient (Wildman–Crippen LogP) is 21.0. The largest absolute Gasteiger partial charge is 0.545 e. The summed E-state index contributed by atoms with van der Waals surface area (Å²) in [6.45, 7) is 4.80. The first-order valence-corrected chi connectivity index (χ1v) is 36.1. The standard InChI is InChI=1S/C74H139NO8/c1-6-8-10-12-14-16-18-20-22-24-26-28-30-32-33-34-35-36-37-38-39-41-42-44-46-48-50-52-54-56-58-60-62-64-71(76)81-68-70(69-82-74(73(78)79)80-67-66-75(3,4)5)83-72(77)65-63-61-59-57-55-53-51-49-47-45-43-40-31-29-27-25-23-21-19-17-15-13-11-9-7-2/h19,21,25,27,31,40,70,74H,6-18,20,22-24,26,28-30,32-39,41-69H2,1-5H3/b21-19-,27-25-,40-31-. The van der Waals surface area contributed by atoms with Gasteiger partial charge in [0.1, 0.15) is 13.2 Å². The van der Waals surface area contributed by atoms with Crippen molar-refractivity contribution in [2.75, 3.05) is 47.5 Å². The third-order valence-corrected chi connectivity index (χ3v) is 16.4. The van der Waals surface area contributed by atoms with Crippen LogP contribution in [0.3, 0.4) is 0 Å². The molecule has 0 amide bonds. The van der Waals surface area contributed by atoms with E-state index in [0.717, 1.165) is 51.4 Å². The Labute approximate surface area is 515 Å². The quantitative estimate of drug-likeness (QED) is 0.0195. The third kappa shape index (κ3) is 66.9. The smallest absolute Gasteiger partial charge is 0.306 e. The summed E-state index contributed by atoms with van der Waals surface area (Å²) in [5.41, 5.74) is 0. The van der Waals surface area contributed by atoms with Gasteiger partial charge in [0.15, 0.2) is 12.4 Å². The average Bonchev–Trinajstić information content (AvgIpc) is 3.46. The summed E-state index contributed by atoms with van der Waals surface area (Å²) in [4.78, 5) is 37.5. The SMILES string of the molecule is CCCCCCC/C=C\C/C=C\C/C=C\CCCCCCCCCCCCC(=O)OC(COC(=O)CCCCCCCCCCCCCCCCCCCCCCCCCCCCCCCCCCC)COC(OCC[N+](C)(C)C)C(=O)[O-]. The van der Waals surface area contributed by atoms with Gasteiger partial charge in [-0.15, -0.1) is 0 Å². The number of carbonyl (C=O) groups excluding carboxylic acids is 3. The second-order valence-electron chi connectivity index (χ2n) is 25.9. The van der Waals surface area contributed by atoms with Gasteiger partial charge in [0, 0.05) is 12.8 Å². The minimum atomic E-state index is -1.62. The van der Waals surface area contributed by atoms with Crippen molar-refractivity contribution >= 4 is 17.9 Å². The van der Waals surface area contributed by atoms with Gasteiger partial charge in [0.05, 0.1) is 40.3 Å². The van der Waals surface area contributed by atoms with Gasteiger partial charge in [-0.1, -0.05) is 333 Å². The highest BCUT2D eigenvalue weighted by atomic mass is 16.7. The van der Waals surface area contributed by atoms with E-state index in [2.05, 4.69) is 50.3 Å². The molecule has 0 aromatic rings.